The minimum atomic E-state index is -0.880. The predicted octanol–water partition coefficient (Wildman–Crippen LogP) is 7.66. The first-order valence-electron chi connectivity index (χ1n) is 12.9. The lowest BCUT2D eigenvalue weighted by Crippen LogP contribution is -2.21. The number of carbonyl (C=O) groups is 1. The van der Waals surface area contributed by atoms with Gasteiger partial charge in [-0.05, 0) is 65.1 Å². The SMILES string of the molecule is COc1cc(-c2cc(F)c(COc3cccc(C(C)(C)CC(=O)O)c3)cc2[C@@H]2CCCC2(C)C)c(F)cn1. The van der Waals surface area contributed by atoms with Crippen LogP contribution in [0.1, 0.15) is 76.0 Å². The number of halogens is 2. The van der Waals surface area contributed by atoms with Gasteiger partial charge in [0.1, 0.15) is 24.0 Å². The number of nitrogens with zero attached hydrogens (tertiary/aromatic N) is 1. The molecule has 5 nitrogen and oxygen atoms in total. The third kappa shape index (κ3) is 5.82. The van der Waals surface area contributed by atoms with Crippen LogP contribution in [-0.4, -0.2) is 23.2 Å². The first-order valence-corrected chi connectivity index (χ1v) is 12.9. The lowest BCUT2D eigenvalue weighted by atomic mass is 9.75. The Kier molecular flexibility index (Phi) is 7.77. The molecule has 1 atom stereocenters. The number of pyridine rings is 1. The van der Waals surface area contributed by atoms with Gasteiger partial charge in [0.2, 0.25) is 5.88 Å². The van der Waals surface area contributed by atoms with Gasteiger partial charge in [-0.2, -0.15) is 0 Å². The molecule has 0 aliphatic heterocycles. The smallest absolute Gasteiger partial charge is 0.304 e. The zero-order valence-electron chi connectivity index (χ0n) is 22.6. The molecule has 38 heavy (non-hydrogen) atoms. The van der Waals surface area contributed by atoms with Crippen LogP contribution in [0.3, 0.4) is 0 Å². The first-order chi connectivity index (χ1) is 17.9. The van der Waals surface area contributed by atoms with Crippen molar-refractivity contribution in [2.24, 2.45) is 5.41 Å². The first kappa shape index (κ1) is 27.6. The largest absolute Gasteiger partial charge is 0.489 e. The highest BCUT2D eigenvalue weighted by molar-refractivity contribution is 5.71. The van der Waals surface area contributed by atoms with Crippen LogP contribution in [0.4, 0.5) is 8.78 Å². The maximum atomic E-state index is 15.5. The van der Waals surface area contributed by atoms with Crippen molar-refractivity contribution >= 4 is 5.97 Å². The Hall–Kier alpha value is -3.48. The highest BCUT2D eigenvalue weighted by Gasteiger charge is 2.37. The molecule has 0 saturated heterocycles. The van der Waals surface area contributed by atoms with Crippen LogP contribution in [0.15, 0.2) is 48.7 Å². The number of hydrogen-bond acceptors (Lipinski definition) is 4. The second kappa shape index (κ2) is 10.7. The van der Waals surface area contributed by atoms with Gasteiger partial charge in [0.05, 0.1) is 19.7 Å². The number of aliphatic carboxylic acids is 1. The maximum absolute atomic E-state index is 15.5. The number of hydrogen-bond donors (Lipinski definition) is 1. The van der Waals surface area contributed by atoms with Gasteiger partial charge in [-0.3, -0.25) is 4.79 Å². The summed E-state index contributed by atoms with van der Waals surface area (Å²) in [5, 5.41) is 9.26. The number of aromatic nitrogens is 1. The second-order valence-electron chi connectivity index (χ2n) is 11.4. The van der Waals surface area contributed by atoms with E-state index in [-0.39, 0.29) is 35.8 Å². The van der Waals surface area contributed by atoms with Crippen molar-refractivity contribution in [2.75, 3.05) is 7.11 Å². The number of carboxylic acids is 1. The van der Waals surface area contributed by atoms with Gasteiger partial charge in [-0.25, -0.2) is 13.8 Å². The van der Waals surface area contributed by atoms with E-state index in [4.69, 9.17) is 9.47 Å². The minimum Gasteiger partial charge on any atom is -0.489 e. The van der Waals surface area contributed by atoms with Crippen molar-refractivity contribution in [2.45, 2.75) is 71.3 Å². The van der Waals surface area contributed by atoms with E-state index < -0.39 is 23.0 Å². The van der Waals surface area contributed by atoms with Crippen molar-refractivity contribution in [3.05, 3.63) is 77.0 Å². The van der Waals surface area contributed by atoms with Gasteiger partial charge in [0, 0.05) is 22.6 Å². The van der Waals surface area contributed by atoms with Crippen LogP contribution >= 0.6 is 0 Å². The Morgan fingerprint density at radius 3 is 2.55 bits per heavy atom. The van der Waals surface area contributed by atoms with Crippen molar-refractivity contribution in [3.63, 3.8) is 0 Å². The Bertz CT molecular complexity index is 1340. The molecule has 0 amide bonds. The van der Waals surface area contributed by atoms with Crippen LogP contribution in [0.25, 0.3) is 11.1 Å². The van der Waals surface area contributed by atoms with E-state index in [0.29, 0.717) is 16.9 Å². The van der Waals surface area contributed by atoms with E-state index in [2.05, 4.69) is 18.8 Å². The monoisotopic (exact) mass is 523 g/mol. The van der Waals surface area contributed by atoms with E-state index in [1.165, 1.54) is 19.2 Å². The van der Waals surface area contributed by atoms with Gasteiger partial charge in [-0.15, -0.1) is 0 Å². The molecule has 1 N–H and O–H groups in total. The Morgan fingerprint density at radius 2 is 1.89 bits per heavy atom. The standard InChI is InChI=1S/C31H35F2NO4/c1-30(2)11-7-10-25(30)23-12-19(26(32)14-22(23)24-15-28(37-5)34-17-27(24)33)18-38-21-9-6-8-20(13-21)31(3,4)16-29(35)36/h6,8-9,12-15,17,25H,7,10-11,16,18H2,1-5H3,(H,35,36)/t25-/m0/s1. The Labute approximate surface area is 222 Å². The molecular weight excluding hydrogens is 488 g/mol. The lowest BCUT2D eigenvalue weighted by Gasteiger charge is -2.30. The molecule has 1 heterocycles. The number of rotatable bonds is 9. The summed E-state index contributed by atoms with van der Waals surface area (Å²) in [4.78, 5) is 15.2. The van der Waals surface area contributed by atoms with Crippen LogP contribution in [-0.2, 0) is 16.8 Å². The molecule has 1 aliphatic carbocycles. The molecule has 202 valence electrons. The molecule has 0 radical (unpaired) electrons. The van der Waals surface area contributed by atoms with E-state index in [1.54, 1.807) is 18.2 Å². The maximum Gasteiger partial charge on any atom is 0.304 e. The average molecular weight is 524 g/mol. The minimum absolute atomic E-state index is 0.0166. The summed E-state index contributed by atoms with van der Waals surface area (Å²) in [5.41, 5.74) is 2.23. The Balaban J connectivity index is 1.71. The molecule has 1 fully saturated rings. The molecule has 7 heteroatoms. The molecule has 0 spiro atoms. The summed E-state index contributed by atoms with van der Waals surface area (Å²) in [6.45, 7) is 8.10. The van der Waals surface area contributed by atoms with Gasteiger partial charge in [0.25, 0.3) is 0 Å². The zero-order valence-corrected chi connectivity index (χ0v) is 22.6. The average Bonchev–Trinajstić information content (AvgIpc) is 3.21. The van der Waals surface area contributed by atoms with Crippen LogP contribution < -0.4 is 9.47 Å². The van der Waals surface area contributed by atoms with Crippen molar-refractivity contribution in [3.8, 4) is 22.8 Å². The van der Waals surface area contributed by atoms with Crippen molar-refractivity contribution < 1.29 is 28.2 Å². The summed E-state index contributed by atoms with van der Waals surface area (Å²) in [5.74, 6) is -0.998. The number of benzene rings is 2. The molecule has 2 aromatic carbocycles. The summed E-state index contributed by atoms with van der Waals surface area (Å²) in [6.07, 6.45) is 4.08. The summed E-state index contributed by atoms with van der Waals surface area (Å²) in [7, 11) is 1.46. The van der Waals surface area contributed by atoms with Crippen LogP contribution in [0.5, 0.6) is 11.6 Å². The van der Waals surface area contributed by atoms with Crippen molar-refractivity contribution in [1.82, 2.24) is 4.98 Å². The van der Waals surface area contributed by atoms with Crippen LogP contribution in [0.2, 0.25) is 0 Å². The second-order valence-corrected chi connectivity index (χ2v) is 11.4. The summed E-state index contributed by atoms with van der Waals surface area (Å²) < 4.78 is 41.7. The summed E-state index contributed by atoms with van der Waals surface area (Å²) >= 11 is 0. The van der Waals surface area contributed by atoms with Gasteiger partial charge >= 0.3 is 5.97 Å². The van der Waals surface area contributed by atoms with Gasteiger partial charge in [0.15, 0.2) is 0 Å². The normalized spacial score (nSPS) is 16.9. The van der Waals surface area contributed by atoms with Crippen LogP contribution in [0, 0.1) is 17.0 Å². The van der Waals surface area contributed by atoms with Crippen molar-refractivity contribution in [1.29, 1.82) is 0 Å². The highest BCUT2D eigenvalue weighted by atomic mass is 19.1. The fraction of sp³-hybridized carbons (Fsp3) is 0.419. The van der Waals surface area contributed by atoms with E-state index in [0.717, 1.165) is 36.6 Å². The molecule has 1 aliphatic rings. The topological polar surface area (TPSA) is 68.7 Å². The highest BCUT2D eigenvalue weighted by Crippen LogP contribution is 2.51. The molecule has 0 bridgehead atoms. The third-order valence-corrected chi connectivity index (χ3v) is 7.78. The molecule has 4 rings (SSSR count). The Morgan fingerprint density at radius 1 is 1.13 bits per heavy atom. The quantitative estimate of drug-likeness (QED) is 0.312. The lowest BCUT2D eigenvalue weighted by molar-refractivity contribution is -0.138. The molecule has 1 saturated carbocycles. The van der Waals surface area contributed by atoms with E-state index in [1.807, 2.05) is 26.0 Å². The number of methoxy groups -OCH3 is 1. The number of carboxylic acid groups (broad SMARTS) is 1. The molecule has 0 unspecified atom stereocenters. The number of ether oxygens (including phenoxy) is 2. The zero-order chi connectivity index (χ0) is 27.7. The molecule has 3 aromatic rings. The molecular formula is C31H35F2NO4. The third-order valence-electron chi connectivity index (χ3n) is 7.78. The van der Waals surface area contributed by atoms with Gasteiger partial charge in [-0.1, -0.05) is 46.2 Å². The van der Waals surface area contributed by atoms with E-state index in [9.17, 15) is 14.3 Å². The predicted molar refractivity (Wildman–Crippen MR) is 143 cm³/mol. The fourth-order valence-electron chi connectivity index (χ4n) is 5.56. The van der Waals surface area contributed by atoms with E-state index >= 15 is 4.39 Å². The van der Waals surface area contributed by atoms with Gasteiger partial charge < -0.3 is 14.6 Å². The fourth-order valence-corrected chi connectivity index (χ4v) is 5.56. The molecule has 1 aromatic heterocycles. The summed E-state index contributed by atoms with van der Waals surface area (Å²) in [6, 6.07) is 12.0.